The van der Waals surface area contributed by atoms with E-state index in [1.54, 1.807) is 0 Å². The predicted molar refractivity (Wildman–Crippen MR) is 70.2 cm³/mol. The molecule has 1 aliphatic heterocycles. The van der Waals surface area contributed by atoms with E-state index in [1.165, 1.54) is 12.8 Å². The van der Waals surface area contributed by atoms with Crippen molar-refractivity contribution in [2.24, 2.45) is 5.92 Å². The first kappa shape index (κ1) is 11.0. The fourth-order valence-electron chi connectivity index (χ4n) is 2.59. The van der Waals surface area contributed by atoms with Crippen LogP contribution in [0, 0.1) is 5.92 Å². The summed E-state index contributed by atoms with van der Waals surface area (Å²) in [5, 5.41) is 3.58. The van der Waals surface area contributed by atoms with Gasteiger partial charge in [-0.15, -0.1) is 11.6 Å². The van der Waals surface area contributed by atoms with Gasteiger partial charge in [0.2, 0.25) is 0 Å². The summed E-state index contributed by atoms with van der Waals surface area (Å²) in [6.45, 7) is 0.852. The van der Waals surface area contributed by atoms with Crippen LogP contribution >= 0.6 is 11.6 Å². The standard InChI is InChI=1S/C13H16ClN3/c14-11-5-1-3-9(11)7-12-16-8-10-4-2-6-15-13(10)17-12/h2,4,8-9,11H,1,3,5-7H2,(H,15,16,17). The third kappa shape index (κ3) is 2.29. The molecule has 4 heteroatoms. The van der Waals surface area contributed by atoms with Crippen LogP contribution in [0.5, 0.6) is 0 Å². The number of aromatic nitrogens is 2. The van der Waals surface area contributed by atoms with Crippen molar-refractivity contribution in [2.45, 2.75) is 31.1 Å². The lowest BCUT2D eigenvalue weighted by Crippen LogP contribution is -2.14. The Morgan fingerprint density at radius 2 is 2.35 bits per heavy atom. The molecule has 0 spiro atoms. The van der Waals surface area contributed by atoms with Gasteiger partial charge in [-0.05, 0) is 18.8 Å². The molecular formula is C13H16ClN3. The van der Waals surface area contributed by atoms with Gasteiger partial charge in [0.05, 0.1) is 0 Å². The van der Waals surface area contributed by atoms with Crippen molar-refractivity contribution < 1.29 is 0 Å². The molecular weight excluding hydrogens is 234 g/mol. The van der Waals surface area contributed by atoms with Crippen molar-refractivity contribution in [3.63, 3.8) is 0 Å². The minimum absolute atomic E-state index is 0.308. The fraction of sp³-hybridized carbons (Fsp3) is 0.538. The van der Waals surface area contributed by atoms with E-state index in [1.807, 2.05) is 6.20 Å². The second kappa shape index (κ2) is 4.65. The highest BCUT2D eigenvalue weighted by molar-refractivity contribution is 6.20. The normalized spacial score (nSPS) is 26.6. The van der Waals surface area contributed by atoms with Crippen molar-refractivity contribution in [3.05, 3.63) is 23.7 Å². The van der Waals surface area contributed by atoms with Crippen LogP contribution in [0.3, 0.4) is 0 Å². The molecule has 0 aromatic carbocycles. The Balaban J connectivity index is 1.77. The molecule has 0 bridgehead atoms. The number of hydrogen-bond donors (Lipinski definition) is 1. The SMILES string of the molecule is ClC1CCCC1Cc1ncc2c(n1)NCC=C2. The van der Waals surface area contributed by atoms with Crippen LogP contribution in [-0.4, -0.2) is 21.9 Å². The summed E-state index contributed by atoms with van der Waals surface area (Å²) in [7, 11) is 0. The molecule has 17 heavy (non-hydrogen) atoms. The van der Waals surface area contributed by atoms with Crippen LogP contribution in [0.2, 0.25) is 0 Å². The minimum atomic E-state index is 0.308. The lowest BCUT2D eigenvalue weighted by molar-refractivity contribution is 0.536. The molecule has 1 aliphatic carbocycles. The summed E-state index contributed by atoms with van der Waals surface area (Å²) in [5.41, 5.74) is 1.08. The van der Waals surface area contributed by atoms with E-state index in [9.17, 15) is 0 Å². The van der Waals surface area contributed by atoms with E-state index < -0.39 is 0 Å². The molecule has 2 aliphatic rings. The zero-order valence-corrected chi connectivity index (χ0v) is 10.5. The molecule has 2 heterocycles. The van der Waals surface area contributed by atoms with E-state index in [0.717, 1.165) is 36.6 Å². The maximum absolute atomic E-state index is 6.29. The average molecular weight is 250 g/mol. The van der Waals surface area contributed by atoms with Crippen LogP contribution in [0.25, 0.3) is 6.08 Å². The molecule has 2 atom stereocenters. The first-order valence-electron chi connectivity index (χ1n) is 6.23. The maximum atomic E-state index is 6.29. The zero-order valence-electron chi connectivity index (χ0n) is 9.69. The number of nitrogens with one attached hydrogen (secondary N) is 1. The molecule has 1 N–H and O–H groups in total. The third-order valence-corrected chi connectivity index (χ3v) is 4.14. The topological polar surface area (TPSA) is 37.8 Å². The van der Waals surface area contributed by atoms with Gasteiger partial charge in [0.15, 0.2) is 0 Å². The molecule has 1 fully saturated rings. The van der Waals surface area contributed by atoms with Gasteiger partial charge in [-0.1, -0.05) is 18.6 Å². The van der Waals surface area contributed by atoms with Gasteiger partial charge in [-0.25, -0.2) is 9.97 Å². The smallest absolute Gasteiger partial charge is 0.137 e. The van der Waals surface area contributed by atoms with Crippen LogP contribution in [0.4, 0.5) is 5.82 Å². The average Bonchev–Trinajstić information content (AvgIpc) is 2.75. The van der Waals surface area contributed by atoms with Gasteiger partial charge >= 0.3 is 0 Å². The summed E-state index contributed by atoms with van der Waals surface area (Å²) in [5.74, 6) is 2.43. The van der Waals surface area contributed by atoms with E-state index in [4.69, 9.17) is 11.6 Å². The molecule has 1 aromatic rings. The van der Waals surface area contributed by atoms with Crippen molar-refractivity contribution in [1.29, 1.82) is 0 Å². The number of alkyl halides is 1. The second-order valence-electron chi connectivity index (χ2n) is 4.78. The quantitative estimate of drug-likeness (QED) is 0.819. The first-order chi connectivity index (χ1) is 8.33. The summed E-state index contributed by atoms with van der Waals surface area (Å²) in [6, 6.07) is 0. The number of anilines is 1. The fourth-order valence-corrected chi connectivity index (χ4v) is 2.96. The lowest BCUT2D eigenvalue weighted by Gasteiger charge is -2.15. The summed E-state index contributed by atoms with van der Waals surface area (Å²) in [4.78, 5) is 9.01. The Hall–Kier alpha value is -1.09. The molecule has 90 valence electrons. The van der Waals surface area contributed by atoms with Gasteiger partial charge in [-0.2, -0.15) is 0 Å². The third-order valence-electron chi connectivity index (χ3n) is 3.56. The monoisotopic (exact) mass is 249 g/mol. The van der Waals surface area contributed by atoms with E-state index in [2.05, 4.69) is 27.4 Å². The molecule has 0 saturated heterocycles. The van der Waals surface area contributed by atoms with Crippen LogP contribution in [0.1, 0.15) is 30.7 Å². The number of halogens is 1. The lowest BCUT2D eigenvalue weighted by atomic mass is 10.0. The van der Waals surface area contributed by atoms with Crippen LogP contribution in [-0.2, 0) is 6.42 Å². The minimum Gasteiger partial charge on any atom is -0.366 e. The molecule has 0 amide bonds. The van der Waals surface area contributed by atoms with Gasteiger partial charge in [0, 0.05) is 30.1 Å². The molecule has 0 radical (unpaired) electrons. The Labute approximate surface area is 106 Å². The van der Waals surface area contributed by atoms with Crippen molar-refractivity contribution in [1.82, 2.24) is 9.97 Å². The van der Waals surface area contributed by atoms with Crippen molar-refractivity contribution in [3.8, 4) is 0 Å². The van der Waals surface area contributed by atoms with E-state index in [-0.39, 0.29) is 0 Å². The van der Waals surface area contributed by atoms with Crippen LogP contribution < -0.4 is 5.32 Å². The van der Waals surface area contributed by atoms with Gasteiger partial charge in [0.25, 0.3) is 0 Å². The van der Waals surface area contributed by atoms with Gasteiger partial charge < -0.3 is 5.32 Å². The predicted octanol–water partition coefficient (Wildman–Crippen LogP) is 2.87. The van der Waals surface area contributed by atoms with Gasteiger partial charge in [-0.3, -0.25) is 0 Å². The highest BCUT2D eigenvalue weighted by Gasteiger charge is 2.26. The largest absolute Gasteiger partial charge is 0.366 e. The Bertz CT molecular complexity index is 444. The van der Waals surface area contributed by atoms with Gasteiger partial charge in [0.1, 0.15) is 11.6 Å². The molecule has 2 unspecified atom stereocenters. The van der Waals surface area contributed by atoms with Crippen molar-refractivity contribution >= 4 is 23.5 Å². The Morgan fingerprint density at radius 3 is 3.18 bits per heavy atom. The molecule has 3 nitrogen and oxygen atoms in total. The highest BCUT2D eigenvalue weighted by Crippen LogP contribution is 2.32. The Kier molecular flexibility index (Phi) is 3.02. The molecule has 3 rings (SSSR count). The highest BCUT2D eigenvalue weighted by atomic mass is 35.5. The maximum Gasteiger partial charge on any atom is 0.137 e. The summed E-state index contributed by atoms with van der Waals surface area (Å²) in [6.07, 6.45) is 10.5. The van der Waals surface area contributed by atoms with Crippen LogP contribution in [0.15, 0.2) is 12.3 Å². The number of fused-ring (bicyclic) bond motifs is 1. The number of hydrogen-bond acceptors (Lipinski definition) is 3. The number of rotatable bonds is 2. The number of nitrogens with zero attached hydrogens (tertiary/aromatic N) is 2. The van der Waals surface area contributed by atoms with E-state index in [0.29, 0.717) is 11.3 Å². The second-order valence-corrected chi connectivity index (χ2v) is 5.35. The molecule has 1 saturated carbocycles. The van der Waals surface area contributed by atoms with Crippen molar-refractivity contribution in [2.75, 3.05) is 11.9 Å². The summed E-state index contributed by atoms with van der Waals surface area (Å²) < 4.78 is 0. The zero-order chi connectivity index (χ0) is 11.7. The first-order valence-corrected chi connectivity index (χ1v) is 6.67. The Morgan fingerprint density at radius 1 is 1.41 bits per heavy atom. The van der Waals surface area contributed by atoms with E-state index >= 15 is 0 Å². The molecule has 1 aromatic heterocycles. The summed E-state index contributed by atoms with van der Waals surface area (Å²) >= 11 is 6.29.